The van der Waals surface area contributed by atoms with Crippen molar-refractivity contribution < 1.29 is 9.59 Å². The van der Waals surface area contributed by atoms with Gasteiger partial charge in [-0.3, -0.25) is 20.4 Å². The minimum Gasteiger partial charge on any atom is -0.347 e. The quantitative estimate of drug-likeness (QED) is 0.822. The molecule has 2 rings (SSSR count). The standard InChI is InChI=1S/C13H12ClN3O2/c1-17-8-4-7-11(17)13(19)16-15-12(18)9-5-2-3-6-10(9)14/h2-8H,1H3,(H,15,18)(H,16,19). The summed E-state index contributed by atoms with van der Waals surface area (Å²) in [6, 6.07) is 9.99. The van der Waals surface area contributed by atoms with E-state index in [2.05, 4.69) is 10.9 Å². The summed E-state index contributed by atoms with van der Waals surface area (Å²) < 4.78 is 1.65. The molecule has 0 fully saturated rings. The smallest absolute Gasteiger partial charge is 0.286 e. The molecule has 2 N–H and O–H groups in total. The molecule has 0 saturated heterocycles. The first kappa shape index (κ1) is 13.2. The number of benzene rings is 1. The lowest BCUT2D eigenvalue weighted by Gasteiger charge is -2.08. The Balaban J connectivity index is 2.00. The van der Waals surface area contributed by atoms with Crippen molar-refractivity contribution in [3.05, 3.63) is 58.9 Å². The van der Waals surface area contributed by atoms with E-state index in [-0.39, 0.29) is 0 Å². The van der Waals surface area contributed by atoms with E-state index < -0.39 is 11.8 Å². The summed E-state index contributed by atoms with van der Waals surface area (Å²) in [4.78, 5) is 23.6. The van der Waals surface area contributed by atoms with E-state index in [9.17, 15) is 9.59 Å². The monoisotopic (exact) mass is 277 g/mol. The molecule has 98 valence electrons. The molecule has 19 heavy (non-hydrogen) atoms. The van der Waals surface area contributed by atoms with Crippen LogP contribution in [0, 0.1) is 0 Å². The Kier molecular flexibility index (Phi) is 3.87. The molecule has 2 aromatic rings. The van der Waals surface area contributed by atoms with Crippen LogP contribution in [0.3, 0.4) is 0 Å². The van der Waals surface area contributed by atoms with Crippen LogP contribution in [0.25, 0.3) is 0 Å². The molecule has 0 radical (unpaired) electrons. The summed E-state index contributed by atoms with van der Waals surface area (Å²) in [5.41, 5.74) is 5.40. The Labute approximate surface area is 115 Å². The van der Waals surface area contributed by atoms with Crippen LogP contribution in [0.5, 0.6) is 0 Å². The van der Waals surface area contributed by atoms with Gasteiger partial charge in [-0.15, -0.1) is 0 Å². The number of hydrazine groups is 1. The van der Waals surface area contributed by atoms with E-state index in [1.54, 1.807) is 54.2 Å². The van der Waals surface area contributed by atoms with Crippen LogP contribution in [-0.2, 0) is 7.05 Å². The number of rotatable bonds is 2. The number of aromatic nitrogens is 1. The molecule has 0 aliphatic carbocycles. The van der Waals surface area contributed by atoms with Crippen LogP contribution in [0.2, 0.25) is 5.02 Å². The first-order valence-electron chi connectivity index (χ1n) is 5.56. The number of hydrogen-bond acceptors (Lipinski definition) is 2. The van der Waals surface area contributed by atoms with E-state index in [0.29, 0.717) is 16.3 Å². The normalized spacial score (nSPS) is 10.0. The van der Waals surface area contributed by atoms with Gasteiger partial charge in [0.15, 0.2) is 0 Å². The molecular formula is C13H12ClN3O2. The van der Waals surface area contributed by atoms with Gasteiger partial charge in [0, 0.05) is 13.2 Å². The molecule has 0 saturated carbocycles. The van der Waals surface area contributed by atoms with Gasteiger partial charge in [-0.2, -0.15) is 0 Å². The third-order valence-electron chi connectivity index (χ3n) is 2.58. The summed E-state index contributed by atoms with van der Waals surface area (Å²) in [7, 11) is 1.74. The van der Waals surface area contributed by atoms with Crippen molar-refractivity contribution in [2.75, 3.05) is 0 Å². The maximum atomic E-state index is 11.8. The Hall–Kier alpha value is -2.27. The molecule has 0 aliphatic heterocycles. The molecule has 0 bridgehead atoms. The second kappa shape index (κ2) is 5.58. The Morgan fingerprint density at radius 1 is 1.05 bits per heavy atom. The fourth-order valence-corrected chi connectivity index (χ4v) is 1.81. The molecular weight excluding hydrogens is 266 g/mol. The van der Waals surface area contributed by atoms with E-state index in [1.807, 2.05) is 0 Å². The number of amides is 2. The van der Waals surface area contributed by atoms with Crippen LogP contribution in [-0.4, -0.2) is 16.4 Å². The molecule has 1 aromatic carbocycles. The van der Waals surface area contributed by atoms with E-state index in [0.717, 1.165) is 0 Å². The topological polar surface area (TPSA) is 63.1 Å². The van der Waals surface area contributed by atoms with E-state index >= 15 is 0 Å². The maximum absolute atomic E-state index is 11.8. The third-order valence-corrected chi connectivity index (χ3v) is 2.91. The van der Waals surface area contributed by atoms with Crippen molar-refractivity contribution in [2.24, 2.45) is 7.05 Å². The van der Waals surface area contributed by atoms with Gasteiger partial charge in [0.25, 0.3) is 11.8 Å². The minimum absolute atomic E-state index is 0.302. The second-order valence-electron chi connectivity index (χ2n) is 3.89. The highest BCUT2D eigenvalue weighted by atomic mass is 35.5. The Bertz CT molecular complexity index is 622. The zero-order chi connectivity index (χ0) is 13.8. The van der Waals surface area contributed by atoms with Crippen LogP contribution < -0.4 is 10.9 Å². The highest BCUT2D eigenvalue weighted by Crippen LogP contribution is 2.14. The lowest BCUT2D eigenvalue weighted by Crippen LogP contribution is -2.42. The second-order valence-corrected chi connectivity index (χ2v) is 4.30. The summed E-state index contributed by atoms with van der Waals surface area (Å²) in [5, 5.41) is 0.327. The lowest BCUT2D eigenvalue weighted by molar-refractivity contribution is 0.0842. The van der Waals surface area contributed by atoms with Crippen molar-refractivity contribution >= 4 is 23.4 Å². The van der Waals surface area contributed by atoms with Gasteiger partial charge in [0.05, 0.1) is 10.6 Å². The summed E-state index contributed by atoms with van der Waals surface area (Å²) in [5.74, 6) is -0.860. The van der Waals surface area contributed by atoms with Crippen molar-refractivity contribution in [1.82, 2.24) is 15.4 Å². The number of halogens is 1. The molecule has 1 aromatic heterocycles. The van der Waals surface area contributed by atoms with Gasteiger partial charge < -0.3 is 4.57 Å². The van der Waals surface area contributed by atoms with Gasteiger partial charge in [-0.05, 0) is 24.3 Å². The highest BCUT2D eigenvalue weighted by Gasteiger charge is 2.12. The maximum Gasteiger partial charge on any atom is 0.286 e. The summed E-state index contributed by atoms with van der Waals surface area (Å²) in [6.45, 7) is 0. The zero-order valence-corrected chi connectivity index (χ0v) is 10.9. The number of carbonyl (C=O) groups is 2. The average molecular weight is 278 g/mol. The van der Waals surface area contributed by atoms with Crippen molar-refractivity contribution in [2.45, 2.75) is 0 Å². The average Bonchev–Trinajstić information content (AvgIpc) is 2.82. The van der Waals surface area contributed by atoms with Gasteiger partial charge in [-0.1, -0.05) is 23.7 Å². The SMILES string of the molecule is Cn1cccc1C(=O)NNC(=O)c1ccccc1Cl. The molecule has 0 aliphatic rings. The van der Waals surface area contributed by atoms with Crippen LogP contribution in [0.4, 0.5) is 0 Å². The fraction of sp³-hybridized carbons (Fsp3) is 0.0769. The van der Waals surface area contributed by atoms with Crippen LogP contribution in [0.15, 0.2) is 42.6 Å². The number of nitrogens with zero attached hydrogens (tertiary/aromatic N) is 1. The number of aryl methyl sites for hydroxylation is 1. The van der Waals surface area contributed by atoms with Crippen LogP contribution in [0.1, 0.15) is 20.8 Å². The Morgan fingerprint density at radius 3 is 2.37 bits per heavy atom. The lowest BCUT2D eigenvalue weighted by atomic mass is 10.2. The molecule has 0 atom stereocenters. The first-order chi connectivity index (χ1) is 9.09. The first-order valence-corrected chi connectivity index (χ1v) is 5.94. The predicted octanol–water partition coefficient (Wildman–Crippen LogP) is 1.75. The van der Waals surface area contributed by atoms with Gasteiger partial charge in [0.1, 0.15) is 5.69 Å². The van der Waals surface area contributed by atoms with Gasteiger partial charge in [0.2, 0.25) is 0 Å². The minimum atomic E-state index is -0.465. The van der Waals surface area contributed by atoms with E-state index in [1.165, 1.54) is 0 Å². The van der Waals surface area contributed by atoms with E-state index in [4.69, 9.17) is 11.6 Å². The molecule has 2 amide bonds. The number of nitrogens with one attached hydrogen (secondary N) is 2. The molecule has 6 heteroatoms. The van der Waals surface area contributed by atoms with Crippen molar-refractivity contribution in [3.63, 3.8) is 0 Å². The van der Waals surface area contributed by atoms with Gasteiger partial charge >= 0.3 is 0 Å². The third kappa shape index (κ3) is 2.95. The molecule has 5 nitrogen and oxygen atoms in total. The van der Waals surface area contributed by atoms with Crippen molar-refractivity contribution in [1.29, 1.82) is 0 Å². The Morgan fingerprint density at radius 2 is 1.74 bits per heavy atom. The summed E-state index contributed by atoms with van der Waals surface area (Å²) in [6.07, 6.45) is 1.74. The number of hydrogen-bond donors (Lipinski definition) is 2. The van der Waals surface area contributed by atoms with Crippen molar-refractivity contribution in [3.8, 4) is 0 Å². The largest absolute Gasteiger partial charge is 0.347 e. The highest BCUT2D eigenvalue weighted by molar-refractivity contribution is 6.33. The zero-order valence-electron chi connectivity index (χ0n) is 10.2. The predicted molar refractivity (Wildman–Crippen MR) is 71.8 cm³/mol. The van der Waals surface area contributed by atoms with Gasteiger partial charge in [-0.25, -0.2) is 0 Å². The molecule has 0 spiro atoms. The molecule has 0 unspecified atom stereocenters. The fourth-order valence-electron chi connectivity index (χ4n) is 1.59. The summed E-state index contributed by atoms with van der Waals surface area (Å²) >= 11 is 5.88. The molecule has 1 heterocycles. The van der Waals surface area contributed by atoms with Crippen LogP contribution >= 0.6 is 11.6 Å². The number of carbonyl (C=O) groups excluding carboxylic acids is 2.